The molecule has 0 bridgehead atoms. The van der Waals surface area contributed by atoms with Crippen LogP contribution in [0.2, 0.25) is 0 Å². The van der Waals surface area contributed by atoms with Crippen LogP contribution in [0.25, 0.3) is 0 Å². The van der Waals surface area contributed by atoms with E-state index >= 15 is 0 Å². The highest BCUT2D eigenvalue weighted by Crippen LogP contribution is 2.10. The van der Waals surface area contributed by atoms with E-state index in [0.29, 0.717) is 12.8 Å². The Hall–Kier alpha value is -1.59. The molecular formula is C9H15NO5. The summed E-state index contributed by atoms with van der Waals surface area (Å²) < 4.78 is 4.40. The number of ether oxygens (including phenoxy) is 1. The van der Waals surface area contributed by atoms with Crippen LogP contribution in [0.4, 0.5) is 4.79 Å². The van der Waals surface area contributed by atoms with Gasteiger partial charge in [-0.25, -0.2) is 9.69 Å². The van der Waals surface area contributed by atoms with E-state index in [4.69, 9.17) is 5.11 Å². The van der Waals surface area contributed by atoms with Crippen LogP contribution in [0.3, 0.4) is 0 Å². The molecule has 0 saturated carbocycles. The lowest BCUT2D eigenvalue weighted by molar-refractivity contribution is -0.137. The number of nitrogens with zero attached hydrogens (tertiary/aromatic N) is 1. The van der Waals surface area contributed by atoms with Crippen molar-refractivity contribution in [2.75, 3.05) is 7.11 Å². The molecule has 0 aromatic heterocycles. The Morgan fingerprint density at radius 3 is 2.47 bits per heavy atom. The highest BCUT2D eigenvalue weighted by Gasteiger charge is 2.22. The molecule has 0 rings (SSSR count). The maximum Gasteiger partial charge on any atom is 0.416 e. The fourth-order valence-electron chi connectivity index (χ4n) is 1.21. The number of aliphatic carboxylic acids is 1. The Morgan fingerprint density at radius 1 is 1.53 bits per heavy atom. The highest BCUT2D eigenvalue weighted by molar-refractivity contribution is 5.80. The second-order valence-corrected chi connectivity index (χ2v) is 2.98. The number of carbonyl (C=O) groups excluding carboxylic acids is 2. The third-order valence-corrected chi connectivity index (χ3v) is 2.06. The smallest absolute Gasteiger partial charge is 0.416 e. The maximum atomic E-state index is 11.1. The van der Waals surface area contributed by atoms with Crippen LogP contribution in [0.15, 0.2) is 0 Å². The van der Waals surface area contributed by atoms with Crippen molar-refractivity contribution >= 4 is 18.5 Å². The summed E-state index contributed by atoms with van der Waals surface area (Å²) in [5, 5.41) is 8.49. The number of hydrogen-bond acceptors (Lipinski definition) is 4. The van der Waals surface area contributed by atoms with Crippen molar-refractivity contribution in [2.45, 2.75) is 32.2 Å². The highest BCUT2D eigenvalue weighted by atomic mass is 16.5. The zero-order valence-corrected chi connectivity index (χ0v) is 8.80. The molecule has 0 spiro atoms. The van der Waals surface area contributed by atoms with E-state index in [0.717, 1.165) is 4.90 Å². The Kier molecular flexibility index (Phi) is 6.08. The largest absolute Gasteiger partial charge is 0.481 e. The molecule has 86 valence electrons. The lowest BCUT2D eigenvalue weighted by atomic mass is 10.1. The van der Waals surface area contributed by atoms with Gasteiger partial charge in [-0.15, -0.1) is 0 Å². The Morgan fingerprint density at radius 2 is 2.13 bits per heavy atom. The van der Waals surface area contributed by atoms with Crippen molar-refractivity contribution in [3.63, 3.8) is 0 Å². The molecule has 0 radical (unpaired) electrons. The van der Waals surface area contributed by atoms with Crippen LogP contribution in [0.5, 0.6) is 0 Å². The molecule has 1 unspecified atom stereocenters. The van der Waals surface area contributed by atoms with Crippen LogP contribution >= 0.6 is 0 Å². The molecule has 0 heterocycles. The lowest BCUT2D eigenvalue weighted by Gasteiger charge is -2.23. The van der Waals surface area contributed by atoms with Crippen molar-refractivity contribution in [2.24, 2.45) is 0 Å². The molecule has 0 aromatic rings. The summed E-state index contributed by atoms with van der Waals surface area (Å²) in [6.07, 6.45) is 0.255. The van der Waals surface area contributed by atoms with Gasteiger partial charge < -0.3 is 9.84 Å². The molecule has 0 aliphatic carbocycles. The van der Waals surface area contributed by atoms with Crippen LogP contribution in [-0.4, -0.2) is 41.6 Å². The topological polar surface area (TPSA) is 83.9 Å². The minimum Gasteiger partial charge on any atom is -0.481 e. The SMILES string of the molecule is CCC(CCC(=O)O)N(C=O)C(=O)OC. The molecule has 0 aliphatic heterocycles. The van der Waals surface area contributed by atoms with Gasteiger partial charge in [0.2, 0.25) is 6.41 Å². The Balaban J connectivity index is 4.39. The van der Waals surface area contributed by atoms with Gasteiger partial charge in [0.15, 0.2) is 0 Å². The number of carbonyl (C=O) groups is 3. The summed E-state index contributed by atoms with van der Waals surface area (Å²) in [6, 6.07) is -0.425. The Bertz CT molecular complexity index is 241. The molecule has 6 heteroatoms. The molecular weight excluding hydrogens is 202 g/mol. The van der Waals surface area contributed by atoms with Crippen LogP contribution < -0.4 is 0 Å². The molecule has 0 fully saturated rings. The predicted octanol–water partition coefficient (Wildman–Crippen LogP) is 0.855. The molecule has 0 saturated heterocycles. The van der Waals surface area contributed by atoms with E-state index in [9.17, 15) is 14.4 Å². The van der Waals surface area contributed by atoms with Crippen LogP contribution in [-0.2, 0) is 14.3 Å². The van der Waals surface area contributed by atoms with Gasteiger partial charge in [-0.3, -0.25) is 9.59 Å². The van der Waals surface area contributed by atoms with Crippen molar-refractivity contribution in [3.8, 4) is 0 Å². The lowest BCUT2D eigenvalue weighted by Crippen LogP contribution is -2.39. The standard InChI is InChI=1S/C9H15NO5/c1-3-7(4-5-8(12)13)10(6-11)9(14)15-2/h6-7H,3-5H2,1-2H3,(H,12,13). The summed E-state index contributed by atoms with van der Waals surface area (Å²) in [6.45, 7) is 1.77. The van der Waals surface area contributed by atoms with Gasteiger partial charge >= 0.3 is 12.1 Å². The van der Waals surface area contributed by atoms with Gasteiger partial charge in [0.1, 0.15) is 0 Å². The normalized spacial score (nSPS) is 11.6. The average molecular weight is 217 g/mol. The summed E-state index contributed by atoms with van der Waals surface area (Å²) in [5.74, 6) is -0.954. The second kappa shape index (κ2) is 6.80. The van der Waals surface area contributed by atoms with E-state index in [-0.39, 0.29) is 12.8 Å². The maximum absolute atomic E-state index is 11.1. The van der Waals surface area contributed by atoms with Crippen LogP contribution in [0, 0.1) is 0 Å². The molecule has 0 aromatic carbocycles. The van der Waals surface area contributed by atoms with E-state index in [1.165, 1.54) is 7.11 Å². The number of imide groups is 1. The summed E-state index contributed by atoms with van der Waals surface area (Å²) in [5.41, 5.74) is 0. The third-order valence-electron chi connectivity index (χ3n) is 2.06. The Labute approximate surface area is 87.8 Å². The first-order valence-electron chi connectivity index (χ1n) is 4.60. The van der Waals surface area contributed by atoms with E-state index in [1.54, 1.807) is 6.92 Å². The van der Waals surface area contributed by atoms with E-state index in [2.05, 4.69) is 4.74 Å². The van der Waals surface area contributed by atoms with Crippen molar-refractivity contribution in [1.82, 2.24) is 4.90 Å². The van der Waals surface area contributed by atoms with Gasteiger partial charge in [-0.1, -0.05) is 6.92 Å². The van der Waals surface area contributed by atoms with Crippen molar-refractivity contribution < 1.29 is 24.2 Å². The summed E-state index contributed by atoms with van der Waals surface area (Å²) >= 11 is 0. The second-order valence-electron chi connectivity index (χ2n) is 2.98. The quantitative estimate of drug-likeness (QED) is 0.667. The number of methoxy groups -OCH3 is 1. The van der Waals surface area contributed by atoms with Crippen LogP contribution in [0.1, 0.15) is 26.2 Å². The zero-order chi connectivity index (χ0) is 11.8. The number of hydrogen-bond donors (Lipinski definition) is 1. The first-order chi connectivity index (χ1) is 7.06. The molecule has 1 atom stereocenters. The number of amides is 2. The van der Waals surface area contributed by atoms with Crippen molar-refractivity contribution in [3.05, 3.63) is 0 Å². The molecule has 6 nitrogen and oxygen atoms in total. The van der Waals surface area contributed by atoms with E-state index in [1.807, 2.05) is 0 Å². The molecule has 1 N–H and O–H groups in total. The first kappa shape index (κ1) is 13.4. The predicted molar refractivity (Wildman–Crippen MR) is 51.3 cm³/mol. The summed E-state index contributed by atoms with van der Waals surface area (Å²) in [7, 11) is 1.17. The monoisotopic (exact) mass is 217 g/mol. The van der Waals surface area contributed by atoms with Crippen molar-refractivity contribution in [1.29, 1.82) is 0 Å². The van der Waals surface area contributed by atoms with Gasteiger partial charge in [0.05, 0.1) is 7.11 Å². The molecule has 2 amide bonds. The fourth-order valence-corrected chi connectivity index (χ4v) is 1.21. The minimum absolute atomic E-state index is 0.0835. The van der Waals surface area contributed by atoms with Gasteiger partial charge in [-0.05, 0) is 12.8 Å². The summed E-state index contributed by atoms with van der Waals surface area (Å²) in [4.78, 5) is 33.0. The van der Waals surface area contributed by atoms with Gasteiger partial charge in [0.25, 0.3) is 0 Å². The first-order valence-corrected chi connectivity index (χ1v) is 4.60. The van der Waals surface area contributed by atoms with Gasteiger partial charge in [0, 0.05) is 12.5 Å². The zero-order valence-electron chi connectivity index (χ0n) is 8.80. The average Bonchev–Trinajstić information content (AvgIpc) is 2.22. The number of carboxylic acid groups (broad SMARTS) is 1. The van der Waals surface area contributed by atoms with E-state index < -0.39 is 18.1 Å². The molecule has 15 heavy (non-hydrogen) atoms. The third kappa shape index (κ3) is 4.44. The number of rotatable bonds is 6. The molecule has 0 aliphatic rings. The van der Waals surface area contributed by atoms with Gasteiger partial charge in [-0.2, -0.15) is 0 Å². The number of carboxylic acids is 1. The minimum atomic E-state index is -0.954. The fraction of sp³-hybridized carbons (Fsp3) is 0.667.